The fourth-order valence-electron chi connectivity index (χ4n) is 1.21. The molecule has 0 aliphatic heterocycles. The van der Waals surface area contributed by atoms with Gasteiger partial charge in [0.15, 0.2) is 0 Å². The average molecular weight is 290 g/mol. The van der Waals surface area contributed by atoms with E-state index in [9.17, 15) is 9.50 Å². The number of aryl methyl sites for hydroxylation is 1. The average Bonchev–Trinajstić information content (AvgIpc) is 2.12. The summed E-state index contributed by atoms with van der Waals surface area (Å²) in [5, 5.41) is 13.0. The van der Waals surface area contributed by atoms with Crippen LogP contribution in [0.15, 0.2) is 16.6 Å². The van der Waals surface area contributed by atoms with Gasteiger partial charge in [-0.05, 0) is 61.3 Å². The monoisotopic (exact) mass is 289 g/mol. The number of nitrogens with one attached hydrogen (secondary N) is 1. The van der Waals surface area contributed by atoms with Gasteiger partial charge in [-0.3, -0.25) is 0 Å². The van der Waals surface area contributed by atoms with E-state index in [1.54, 1.807) is 19.9 Å². The molecular weight excluding hydrogens is 273 g/mol. The molecule has 1 aromatic rings. The molecule has 0 amide bonds. The Labute approximate surface area is 104 Å². The summed E-state index contributed by atoms with van der Waals surface area (Å²) < 4.78 is 13.6. The van der Waals surface area contributed by atoms with E-state index >= 15 is 0 Å². The predicted molar refractivity (Wildman–Crippen MR) is 68.2 cm³/mol. The quantitative estimate of drug-likeness (QED) is 0.893. The first-order valence-electron chi connectivity index (χ1n) is 5.16. The fraction of sp³-hybridized carbons (Fsp3) is 0.500. The predicted octanol–water partition coefficient (Wildman–Crippen LogP) is 3.47. The number of hydrogen-bond acceptors (Lipinski definition) is 2. The Balaban J connectivity index is 2.94. The minimum Gasteiger partial charge on any atom is -0.388 e. The molecule has 0 aromatic heterocycles. The number of aliphatic hydroxyl groups is 1. The zero-order valence-electron chi connectivity index (χ0n) is 9.94. The second kappa shape index (κ2) is 4.72. The number of anilines is 1. The van der Waals surface area contributed by atoms with Gasteiger partial charge in [0.05, 0.1) is 16.1 Å². The van der Waals surface area contributed by atoms with Crippen LogP contribution in [0, 0.1) is 12.7 Å². The van der Waals surface area contributed by atoms with Crippen LogP contribution in [0.5, 0.6) is 0 Å². The van der Waals surface area contributed by atoms with Crippen LogP contribution in [0.2, 0.25) is 0 Å². The standard InChI is InChI=1S/C12H17BrFNO/c1-7-5-10(14)9(13)6-11(7)15-8(2)12(3,4)16/h5-6,8,15-16H,1-4H3. The summed E-state index contributed by atoms with van der Waals surface area (Å²) in [4.78, 5) is 0. The summed E-state index contributed by atoms with van der Waals surface area (Å²) in [7, 11) is 0. The number of benzene rings is 1. The van der Waals surface area contributed by atoms with Crippen molar-refractivity contribution in [2.45, 2.75) is 39.3 Å². The van der Waals surface area contributed by atoms with E-state index in [1.807, 2.05) is 13.8 Å². The van der Waals surface area contributed by atoms with Gasteiger partial charge in [0.1, 0.15) is 5.82 Å². The van der Waals surface area contributed by atoms with Gasteiger partial charge in [0.25, 0.3) is 0 Å². The molecule has 0 aliphatic carbocycles. The Kier molecular flexibility index (Phi) is 3.97. The summed E-state index contributed by atoms with van der Waals surface area (Å²) >= 11 is 3.14. The fourth-order valence-corrected chi connectivity index (χ4v) is 1.56. The molecule has 0 spiro atoms. The van der Waals surface area contributed by atoms with E-state index in [2.05, 4.69) is 21.2 Å². The minimum absolute atomic E-state index is 0.122. The lowest BCUT2D eigenvalue weighted by Crippen LogP contribution is -2.39. The van der Waals surface area contributed by atoms with E-state index in [0.29, 0.717) is 4.47 Å². The van der Waals surface area contributed by atoms with E-state index in [-0.39, 0.29) is 11.9 Å². The second-order valence-electron chi connectivity index (χ2n) is 4.60. The number of halogens is 2. The Morgan fingerprint density at radius 3 is 2.50 bits per heavy atom. The number of hydrogen-bond donors (Lipinski definition) is 2. The van der Waals surface area contributed by atoms with E-state index in [0.717, 1.165) is 11.3 Å². The Hall–Kier alpha value is -0.610. The van der Waals surface area contributed by atoms with Crippen molar-refractivity contribution in [3.63, 3.8) is 0 Å². The van der Waals surface area contributed by atoms with Crippen LogP contribution in [0.3, 0.4) is 0 Å². The van der Waals surface area contributed by atoms with Gasteiger partial charge in [-0.25, -0.2) is 4.39 Å². The molecule has 1 unspecified atom stereocenters. The third-order valence-corrected chi connectivity index (χ3v) is 3.31. The van der Waals surface area contributed by atoms with Crippen LogP contribution in [0.4, 0.5) is 10.1 Å². The summed E-state index contributed by atoms with van der Waals surface area (Å²) in [6, 6.07) is 3.03. The largest absolute Gasteiger partial charge is 0.388 e. The Bertz CT molecular complexity index is 387. The summed E-state index contributed by atoms with van der Waals surface area (Å²) in [5.41, 5.74) is 0.813. The molecule has 0 radical (unpaired) electrons. The first kappa shape index (κ1) is 13.5. The van der Waals surface area contributed by atoms with E-state index in [4.69, 9.17) is 0 Å². The minimum atomic E-state index is -0.826. The molecule has 0 aliphatic rings. The maximum atomic E-state index is 13.2. The zero-order chi connectivity index (χ0) is 12.5. The van der Waals surface area contributed by atoms with E-state index < -0.39 is 5.60 Å². The maximum Gasteiger partial charge on any atom is 0.137 e. The van der Waals surface area contributed by atoms with Gasteiger partial charge in [-0.15, -0.1) is 0 Å². The molecule has 1 rings (SSSR count). The van der Waals surface area contributed by atoms with Gasteiger partial charge in [-0.1, -0.05) is 0 Å². The van der Waals surface area contributed by atoms with Crippen molar-refractivity contribution in [2.75, 3.05) is 5.32 Å². The molecule has 2 nitrogen and oxygen atoms in total. The zero-order valence-corrected chi connectivity index (χ0v) is 11.5. The van der Waals surface area contributed by atoms with Gasteiger partial charge in [-0.2, -0.15) is 0 Å². The third-order valence-electron chi connectivity index (χ3n) is 2.70. The molecule has 16 heavy (non-hydrogen) atoms. The smallest absolute Gasteiger partial charge is 0.137 e. The van der Waals surface area contributed by atoms with Crippen molar-refractivity contribution in [1.29, 1.82) is 0 Å². The molecule has 0 heterocycles. The number of rotatable bonds is 3. The van der Waals surface area contributed by atoms with Crippen LogP contribution in [0.1, 0.15) is 26.3 Å². The summed E-state index contributed by atoms with van der Waals surface area (Å²) in [5.74, 6) is -0.279. The first-order chi connectivity index (χ1) is 7.21. The highest BCUT2D eigenvalue weighted by atomic mass is 79.9. The molecule has 2 N–H and O–H groups in total. The Morgan fingerprint density at radius 1 is 1.44 bits per heavy atom. The van der Waals surface area contributed by atoms with Crippen molar-refractivity contribution in [3.05, 3.63) is 28.0 Å². The molecule has 0 saturated carbocycles. The highest BCUT2D eigenvalue weighted by molar-refractivity contribution is 9.10. The molecule has 1 aromatic carbocycles. The SMILES string of the molecule is Cc1cc(F)c(Br)cc1NC(C)C(C)(C)O. The van der Waals surface area contributed by atoms with Gasteiger partial charge < -0.3 is 10.4 Å². The summed E-state index contributed by atoms with van der Waals surface area (Å²) in [6.07, 6.45) is 0. The van der Waals surface area contributed by atoms with Crippen molar-refractivity contribution >= 4 is 21.6 Å². The lowest BCUT2D eigenvalue weighted by Gasteiger charge is -2.28. The molecule has 90 valence electrons. The lowest BCUT2D eigenvalue weighted by atomic mass is 10.00. The van der Waals surface area contributed by atoms with Gasteiger partial charge >= 0.3 is 0 Å². The van der Waals surface area contributed by atoms with Crippen LogP contribution in [-0.2, 0) is 0 Å². The maximum absolute atomic E-state index is 13.2. The Morgan fingerprint density at radius 2 is 2.00 bits per heavy atom. The highest BCUT2D eigenvalue weighted by Crippen LogP contribution is 2.26. The van der Waals surface area contributed by atoms with Gasteiger partial charge in [0.2, 0.25) is 0 Å². The molecule has 0 bridgehead atoms. The highest BCUT2D eigenvalue weighted by Gasteiger charge is 2.22. The lowest BCUT2D eigenvalue weighted by molar-refractivity contribution is 0.0649. The summed E-state index contributed by atoms with van der Waals surface area (Å²) in [6.45, 7) is 7.18. The first-order valence-corrected chi connectivity index (χ1v) is 5.95. The van der Waals surface area contributed by atoms with E-state index in [1.165, 1.54) is 6.07 Å². The molecule has 1 atom stereocenters. The molecule has 0 saturated heterocycles. The normalized spacial score (nSPS) is 13.7. The molecule has 0 fully saturated rings. The van der Waals surface area contributed by atoms with Crippen molar-refractivity contribution < 1.29 is 9.50 Å². The van der Waals surface area contributed by atoms with Crippen molar-refractivity contribution in [3.8, 4) is 0 Å². The van der Waals surface area contributed by atoms with Crippen LogP contribution < -0.4 is 5.32 Å². The third kappa shape index (κ3) is 3.19. The van der Waals surface area contributed by atoms with Crippen molar-refractivity contribution in [2.24, 2.45) is 0 Å². The van der Waals surface area contributed by atoms with Crippen molar-refractivity contribution in [1.82, 2.24) is 0 Å². The van der Waals surface area contributed by atoms with Crippen LogP contribution in [-0.4, -0.2) is 16.7 Å². The molecule has 4 heteroatoms. The molecular formula is C12H17BrFNO. The second-order valence-corrected chi connectivity index (χ2v) is 5.46. The van der Waals surface area contributed by atoms with Crippen LogP contribution >= 0.6 is 15.9 Å². The topological polar surface area (TPSA) is 32.3 Å². The van der Waals surface area contributed by atoms with Gasteiger partial charge in [0, 0.05) is 5.69 Å². The van der Waals surface area contributed by atoms with Crippen LogP contribution in [0.25, 0.3) is 0 Å².